The van der Waals surface area contributed by atoms with Gasteiger partial charge in [0.1, 0.15) is 11.6 Å². The van der Waals surface area contributed by atoms with Gasteiger partial charge in [-0.05, 0) is 34.5 Å². The highest BCUT2D eigenvalue weighted by atomic mass is 32.1. The molecule has 2 aliphatic heterocycles. The highest BCUT2D eigenvalue weighted by Crippen LogP contribution is 2.32. The van der Waals surface area contributed by atoms with Gasteiger partial charge in [0.2, 0.25) is 5.95 Å². The Balaban J connectivity index is 1.45. The van der Waals surface area contributed by atoms with Gasteiger partial charge in [0.05, 0.1) is 0 Å². The lowest BCUT2D eigenvalue weighted by atomic mass is 10.1. The van der Waals surface area contributed by atoms with Crippen LogP contribution in [0.4, 0.5) is 17.6 Å². The van der Waals surface area contributed by atoms with E-state index >= 15 is 0 Å². The lowest BCUT2D eigenvalue weighted by Gasteiger charge is -2.22. The molecule has 0 aliphatic carbocycles. The van der Waals surface area contributed by atoms with Crippen LogP contribution in [0.1, 0.15) is 22.3 Å². The molecule has 1 aromatic heterocycles. The molecule has 0 bridgehead atoms. The second kappa shape index (κ2) is 8.35. The Morgan fingerprint density at radius 3 is 1.74 bits per heavy atom. The van der Waals surface area contributed by atoms with E-state index in [2.05, 4.69) is 81.6 Å². The van der Waals surface area contributed by atoms with Crippen molar-refractivity contribution >= 4 is 34.9 Å². The van der Waals surface area contributed by atoms with Crippen molar-refractivity contribution in [1.82, 2.24) is 15.3 Å². The Hall–Kier alpha value is -3.45. The van der Waals surface area contributed by atoms with Crippen LogP contribution in [0, 0.1) is 0 Å². The van der Waals surface area contributed by atoms with Crippen LogP contribution in [0.25, 0.3) is 0 Å². The minimum atomic E-state index is 0.484. The van der Waals surface area contributed by atoms with Gasteiger partial charge in [-0.15, -0.1) is 6.58 Å². The number of hydrogen-bond acceptors (Lipinski definition) is 5. The average molecular weight is 429 g/mol. The molecule has 0 radical (unpaired) electrons. The molecule has 3 heterocycles. The summed E-state index contributed by atoms with van der Waals surface area (Å²) in [6, 6.07) is 19.2. The van der Waals surface area contributed by atoms with E-state index in [1.807, 2.05) is 0 Å². The zero-order chi connectivity index (χ0) is 21.2. The summed E-state index contributed by atoms with van der Waals surface area (Å²) in [7, 11) is 0. The third-order valence-corrected chi connectivity index (χ3v) is 5.91. The van der Waals surface area contributed by atoms with Gasteiger partial charge in [-0.1, -0.05) is 54.6 Å². The molecule has 2 aromatic carbocycles. The maximum atomic E-state index is 5.39. The van der Waals surface area contributed by atoms with Crippen molar-refractivity contribution in [3.05, 3.63) is 89.5 Å². The summed E-state index contributed by atoms with van der Waals surface area (Å²) in [5.41, 5.74) is 5.37. The maximum Gasteiger partial charge on any atom is 0.232 e. The monoisotopic (exact) mass is 428 g/mol. The molecular formula is C24H24N6S. The average Bonchev–Trinajstić information content (AvgIpc) is 3.42. The fourth-order valence-electron chi connectivity index (χ4n) is 4.10. The fraction of sp³-hybridized carbons (Fsp3) is 0.208. The van der Waals surface area contributed by atoms with Crippen LogP contribution in [0.5, 0.6) is 0 Å². The summed E-state index contributed by atoms with van der Waals surface area (Å²) < 4.78 is 0. The van der Waals surface area contributed by atoms with Gasteiger partial charge in [-0.3, -0.25) is 0 Å². The summed E-state index contributed by atoms with van der Waals surface area (Å²) in [6.07, 6.45) is 1.76. The van der Waals surface area contributed by atoms with Crippen LogP contribution in [0.15, 0.2) is 67.3 Å². The first-order chi connectivity index (χ1) is 15.2. The molecule has 0 amide bonds. The molecule has 156 valence electrons. The SMILES string of the molecule is C=CCNC(=S)Nc1nc(N2Cc3ccccc3C2)cc(N2Cc3ccccc3C2)n1. The van der Waals surface area contributed by atoms with E-state index in [4.69, 9.17) is 22.2 Å². The van der Waals surface area contributed by atoms with Crippen LogP contribution < -0.4 is 20.4 Å². The first-order valence-corrected chi connectivity index (χ1v) is 10.8. The van der Waals surface area contributed by atoms with Gasteiger partial charge in [0.25, 0.3) is 0 Å². The van der Waals surface area contributed by atoms with Crippen LogP contribution >= 0.6 is 12.2 Å². The first kappa shape index (κ1) is 19.5. The molecule has 5 rings (SSSR count). The molecule has 3 aromatic rings. The van der Waals surface area contributed by atoms with Crippen LogP contribution in [-0.2, 0) is 26.2 Å². The maximum absolute atomic E-state index is 5.39. The molecule has 0 atom stereocenters. The number of benzene rings is 2. The number of fused-ring (bicyclic) bond motifs is 2. The molecule has 0 saturated carbocycles. The van der Waals surface area contributed by atoms with Crippen LogP contribution in [0.2, 0.25) is 0 Å². The Kier molecular flexibility index (Phi) is 5.26. The Bertz CT molecular complexity index is 1020. The quantitative estimate of drug-likeness (QED) is 0.471. The van der Waals surface area contributed by atoms with Crippen molar-refractivity contribution < 1.29 is 0 Å². The van der Waals surface area contributed by atoms with Gasteiger partial charge in [0.15, 0.2) is 5.11 Å². The van der Waals surface area contributed by atoms with E-state index in [0.29, 0.717) is 17.6 Å². The predicted octanol–water partition coefficient (Wildman–Crippen LogP) is 3.99. The number of aromatic nitrogens is 2. The van der Waals surface area contributed by atoms with Gasteiger partial charge < -0.3 is 20.4 Å². The summed E-state index contributed by atoms with van der Waals surface area (Å²) >= 11 is 5.39. The summed E-state index contributed by atoms with van der Waals surface area (Å²) in [6.45, 7) is 7.66. The number of anilines is 3. The van der Waals surface area contributed by atoms with Crippen molar-refractivity contribution in [2.75, 3.05) is 21.7 Å². The zero-order valence-corrected chi connectivity index (χ0v) is 18.0. The Morgan fingerprint density at radius 2 is 1.32 bits per heavy atom. The molecule has 31 heavy (non-hydrogen) atoms. The molecule has 6 nitrogen and oxygen atoms in total. The molecule has 0 fully saturated rings. The van der Waals surface area contributed by atoms with E-state index < -0.39 is 0 Å². The zero-order valence-electron chi connectivity index (χ0n) is 17.2. The van der Waals surface area contributed by atoms with Crippen molar-refractivity contribution in [3.8, 4) is 0 Å². The van der Waals surface area contributed by atoms with E-state index in [1.54, 1.807) is 6.08 Å². The van der Waals surface area contributed by atoms with Gasteiger partial charge in [0, 0.05) is 38.8 Å². The molecule has 2 aliphatic rings. The molecule has 7 heteroatoms. The lowest BCUT2D eigenvalue weighted by Crippen LogP contribution is -2.30. The van der Waals surface area contributed by atoms with E-state index in [0.717, 1.165) is 37.8 Å². The predicted molar refractivity (Wildman–Crippen MR) is 129 cm³/mol. The van der Waals surface area contributed by atoms with Crippen molar-refractivity contribution in [3.63, 3.8) is 0 Å². The topological polar surface area (TPSA) is 56.3 Å². The highest BCUT2D eigenvalue weighted by Gasteiger charge is 2.24. The Morgan fingerprint density at radius 1 is 0.871 bits per heavy atom. The molecular weight excluding hydrogens is 404 g/mol. The van der Waals surface area contributed by atoms with Crippen LogP contribution in [-0.4, -0.2) is 21.6 Å². The summed E-state index contributed by atoms with van der Waals surface area (Å²) in [5.74, 6) is 2.29. The third-order valence-electron chi connectivity index (χ3n) is 5.66. The minimum absolute atomic E-state index is 0.484. The van der Waals surface area contributed by atoms with Crippen molar-refractivity contribution in [2.45, 2.75) is 26.2 Å². The molecule has 2 N–H and O–H groups in total. The van der Waals surface area contributed by atoms with Gasteiger partial charge in [-0.2, -0.15) is 9.97 Å². The Labute approximate surface area is 187 Å². The van der Waals surface area contributed by atoms with E-state index in [9.17, 15) is 0 Å². The van der Waals surface area contributed by atoms with Crippen molar-refractivity contribution in [1.29, 1.82) is 0 Å². The normalized spacial score (nSPS) is 14.2. The number of thiocarbonyl (C=S) groups is 1. The minimum Gasteiger partial charge on any atom is -0.359 e. The highest BCUT2D eigenvalue weighted by molar-refractivity contribution is 7.80. The number of rotatable bonds is 5. The number of hydrogen-bond donors (Lipinski definition) is 2. The molecule has 0 saturated heterocycles. The third kappa shape index (κ3) is 4.09. The molecule has 0 spiro atoms. The summed E-state index contributed by atoms with van der Waals surface area (Å²) in [4.78, 5) is 14.1. The van der Waals surface area contributed by atoms with E-state index in [1.165, 1.54) is 22.3 Å². The van der Waals surface area contributed by atoms with Crippen molar-refractivity contribution in [2.24, 2.45) is 0 Å². The summed E-state index contributed by atoms with van der Waals surface area (Å²) in [5, 5.41) is 6.71. The lowest BCUT2D eigenvalue weighted by molar-refractivity contribution is 0.827. The smallest absolute Gasteiger partial charge is 0.232 e. The number of nitrogens with zero attached hydrogens (tertiary/aromatic N) is 4. The molecule has 0 unspecified atom stereocenters. The first-order valence-electron chi connectivity index (χ1n) is 10.4. The van der Waals surface area contributed by atoms with Gasteiger partial charge >= 0.3 is 0 Å². The number of nitrogens with one attached hydrogen (secondary N) is 2. The van der Waals surface area contributed by atoms with E-state index in [-0.39, 0.29) is 0 Å². The second-order valence-electron chi connectivity index (χ2n) is 7.78. The van der Waals surface area contributed by atoms with Gasteiger partial charge in [-0.25, -0.2) is 0 Å². The standard InChI is InChI=1S/C24H24N6S/c1-2-11-25-24(31)28-23-26-21(29-13-17-7-3-4-8-18(17)14-29)12-22(27-23)30-15-19-9-5-6-10-20(19)16-30/h2-10,12H,1,11,13-16H2,(H2,25,26,27,28,31). The van der Waals surface area contributed by atoms with Crippen LogP contribution in [0.3, 0.4) is 0 Å². The second-order valence-corrected chi connectivity index (χ2v) is 8.19. The largest absolute Gasteiger partial charge is 0.359 e. The fourth-order valence-corrected chi connectivity index (χ4v) is 4.28.